The second kappa shape index (κ2) is 15.7. The van der Waals surface area contributed by atoms with Crippen LogP contribution in [-0.4, -0.2) is 51.6 Å². The van der Waals surface area contributed by atoms with Crippen LogP contribution in [0.4, 0.5) is 0 Å². The van der Waals surface area contributed by atoms with E-state index in [1.807, 2.05) is 0 Å². The highest BCUT2D eigenvalue weighted by Crippen LogP contribution is 2.01. The van der Waals surface area contributed by atoms with Gasteiger partial charge in [-0.05, 0) is 13.8 Å². The summed E-state index contributed by atoms with van der Waals surface area (Å²) < 4.78 is 19.4. The molecule has 0 fully saturated rings. The molecule has 0 aliphatic heterocycles. The first kappa shape index (κ1) is 22.6. The fraction of sp³-hybridized carbons (Fsp3) is 0.625. The Morgan fingerprint density at radius 1 is 1.09 bits per heavy atom. The van der Waals surface area contributed by atoms with Crippen molar-refractivity contribution in [1.82, 2.24) is 0 Å². The summed E-state index contributed by atoms with van der Waals surface area (Å²) in [6, 6.07) is 0. The number of hydrogen-bond acceptors (Lipinski definition) is 6. The molecule has 22 heavy (non-hydrogen) atoms. The van der Waals surface area contributed by atoms with E-state index in [2.05, 4.69) is 13.2 Å². The van der Waals surface area contributed by atoms with Gasteiger partial charge in [0.05, 0.1) is 25.7 Å². The second-order valence-electron chi connectivity index (χ2n) is 4.52. The summed E-state index contributed by atoms with van der Waals surface area (Å²) in [7, 11) is 1.52. The van der Waals surface area contributed by atoms with E-state index in [-0.39, 0.29) is 24.5 Å². The van der Waals surface area contributed by atoms with E-state index in [0.717, 1.165) is 0 Å². The summed E-state index contributed by atoms with van der Waals surface area (Å²) in [6.07, 6.45) is 3.01. The Bertz CT molecular complexity index is 319. The van der Waals surface area contributed by atoms with E-state index in [1.165, 1.54) is 14.0 Å². The fourth-order valence-electron chi connectivity index (χ4n) is 1.21. The van der Waals surface area contributed by atoms with Crippen LogP contribution in [-0.2, 0) is 28.5 Å². The number of hydrogen-bond donors (Lipinski definition) is 0. The standard InChI is InChI=1S/C10H18O5.C6H10O/c1-7(5-13-4)10(12)14-6-8(2)15-9(3)11;1-3-5-7-6-4-2/h7-8H,5-6H2,1-4H3;3-4H,1-2,5-6H2. The van der Waals surface area contributed by atoms with E-state index >= 15 is 0 Å². The summed E-state index contributed by atoms with van der Waals surface area (Å²) in [5.74, 6) is -1.04. The molecule has 0 heterocycles. The van der Waals surface area contributed by atoms with Crippen LogP contribution >= 0.6 is 0 Å². The van der Waals surface area contributed by atoms with Crippen molar-refractivity contribution in [2.75, 3.05) is 33.5 Å². The van der Waals surface area contributed by atoms with Crippen molar-refractivity contribution in [3.8, 4) is 0 Å². The maximum Gasteiger partial charge on any atom is 0.311 e. The minimum absolute atomic E-state index is 0.0759. The van der Waals surface area contributed by atoms with Gasteiger partial charge in [0.15, 0.2) is 0 Å². The first-order valence-corrected chi connectivity index (χ1v) is 7.01. The van der Waals surface area contributed by atoms with Crippen LogP contribution in [0.5, 0.6) is 0 Å². The van der Waals surface area contributed by atoms with Crippen LogP contribution in [0.15, 0.2) is 25.3 Å². The van der Waals surface area contributed by atoms with Crippen LogP contribution < -0.4 is 0 Å². The molecule has 0 saturated carbocycles. The molecule has 6 nitrogen and oxygen atoms in total. The summed E-state index contributed by atoms with van der Waals surface area (Å²) in [5, 5.41) is 0. The molecule has 2 atom stereocenters. The van der Waals surface area contributed by atoms with Gasteiger partial charge in [-0.25, -0.2) is 0 Å². The van der Waals surface area contributed by atoms with Gasteiger partial charge >= 0.3 is 11.9 Å². The zero-order chi connectivity index (χ0) is 17.4. The van der Waals surface area contributed by atoms with Gasteiger partial charge in [-0.15, -0.1) is 13.2 Å². The van der Waals surface area contributed by atoms with Crippen molar-refractivity contribution in [3.63, 3.8) is 0 Å². The zero-order valence-electron chi connectivity index (χ0n) is 14.0. The molecule has 0 amide bonds. The highest BCUT2D eigenvalue weighted by molar-refractivity contribution is 5.72. The molecule has 0 aromatic heterocycles. The highest BCUT2D eigenvalue weighted by atomic mass is 16.6. The molecular formula is C16H28O6. The van der Waals surface area contributed by atoms with Gasteiger partial charge in [-0.1, -0.05) is 12.2 Å². The lowest BCUT2D eigenvalue weighted by Crippen LogP contribution is -2.25. The van der Waals surface area contributed by atoms with Gasteiger partial charge in [0, 0.05) is 14.0 Å². The molecule has 0 spiro atoms. The van der Waals surface area contributed by atoms with Gasteiger partial charge < -0.3 is 18.9 Å². The van der Waals surface area contributed by atoms with Crippen LogP contribution in [0.2, 0.25) is 0 Å². The largest absolute Gasteiger partial charge is 0.461 e. The molecule has 0 aliphatic rings. The Hall–Kier alpha value is -1.66. The van der Waals surface area contributed by atoms with E-state index in [9.17, 15) is 9.59 Å². The lowest BCUT2D eigenvalue weighted by Gasteiger charge is -2.14. The first-order chi connectivity index (χ1) is 10.4. The monoisotopic (exact) mass is 316 g/mol. The third kappa shape index (κ3) is 16.4. The van der Waals surface area contributed by atoms with Crippen LogP contribution in [0.3, 0.4) is 0 Å². The first-order valence-electron chi connectivity index (χ1n) is 7.01. The normalized spacial score (nSPS) is 12.2. The van der Waals surface area contributed by atoms with Crippen LogP contribution in [0.25, 0.3) is 0 Å². The van der Waals surface area contributed by atoms with Crippen molar-refractivity contribution < 1.29 is 28.5 Å². The maximum atomic E-state index is 11.3. The molecule has 0 bridgehead atoms. The predicted octanol–water partition coefficient (Wildman–Crippen LogP) is 2.14. The summed E-state index contributed by atoms with van der Waals surface area (Å²) >= 11 is 0. The predicted molar refractivity (Wildman–Crippen MR) is 84.4 cm³/mol. The molecule has 0 saturated heterocycles. The Labute approximate surface area is 133 Å². The Kier molecular flexibility index (Phi) is 16.2. The zero-order valence-corrected chi connectivity index (χ0v) is 14.0. The Morgan fingerprint density at radius 2 is 1.64 bits per heavy atom. The molecule has 0 aromatic rings. The molecule has 0 aromatic carbocycles. The van der Waals surface area contributed by atoms with Crippen molar-refractivity contribution in [1.29, 1.82) is 0 Å². The van der Waals surface area contributed by atoms with Gasteiger partial charge in [-0.3, -0.25) is 9.59 Å². The number of carbonyl (C=O) groups excluding carboxylic acids is 2. The Balaban J connectivity index is 0. The van der Waals surface area contributed by atoms with Gasteiger partial charge in [0.1, 0.15) is 12.7 Å². The van der Waals surface area contributed by atoms with E-state index in [0.29, 0.717) is 19.8 Å². The van der Waals surface area contributed by atoms with Gasteiger partial charge in [-0.2, -0.15) is 0 Å². The highest BCUT2D eigenvalue weighted by Gasteiger charge is 2.16. The molecule has 6 heteroatoms. The van der Waals surface area contributed by atoms with E-state index in [1.54, 1.807) is 26.0 Å². The van der Waals surface area contributed by atoms with Crippen molar-refractivity contribution >= 4 is 11.9 Å². The molecule has 0 rings (SSSR count). The maximum absolute atomic E-state index is 11.3. The quantitative estimate of drug-likeness (QED) is 0.349. The molecule has 0 N–H and O–H groups in total. The molecule has 2 unspecified atom stereocenters. The summed E-state index contributed by atoms with van der Waals surface area (Å²) in [6.45, 7) is 13.3. The lowest BCUT2D eigenvalue weighted by molar-refractivity contribution is -0.159. The topological polar surface area (TPSA) is 71.1 Å². The lowest BCUT2D eigenvalue weighted by atomic mass is 10.2. The number of rotatable bonds is 10. The molecule has 0 radical (unpaired) electrons. The van der Waals surface area contributed by atoms with Crippen LogP contribution in [0, 0.1) is 5.92 Å². The molecule has 0 aliphatic carbocycles. The number of esters is 2. The minimum Gasteiger partial charge on any atom is -0.461 e. The minimum atomic E-state index is -0.416. The smallest absolute Gasteiger partial charge is 0.311 e. The van der Waals surface area contributed by atoms with Crippen molar-refractivity contribution in [2.45, 2.75) is 26.9 Å². The van der Waals surface area contributed by atoms with E-state index in [4.69, 9.17) is 18.9 Å². The second-order valence-corrected chi connectivity index (χ2v) is 4.52. The fourth-order valence-corrected chi connectivity index (χ4v) is 1.21. The molecular weight excluding hydrogens is 288 g/mol. The number of methoxy groups -OCH3 is 1. The average molecular weight is 316 g/mol. The third-order valence-corrected chi connectivity index (χ3v) is 2.12. The van der Waals surface area contributed by atoms with Crippen molar-refractivity contribution in [3.05, 3.63) is 25.3 Å². The van der Waals surface area contributed by atoms with Gasteiger partial charge in [0.25, 0.3) is 0 Å². The summed E-state index contributed by atoms with van der Waals surface area (Å²) in [5.41, 5.74) is 0. The number of carbonyl (C=O) groups is 2. The number of ether oxygens (including phenoxy) is 4. The van der Waals surface area contributed by atoms with Crippen molar-refractivity contribution in [2.24, 2.45) is 5.92 Å². The third-order valence-electron chi connectivity index (χ3n) is 2.12. The van der Waals surface area contributed by atoms with E-state index < -0.39 is 6.10 Å². The van der Waals surface area contributed by atoms with Crippen LogP contribution in [0.1, 0.15) is 20.8 Å². The molecule has 128 valence electrons. The SMILES string of the molecule is C=CCOCC=C.COCC(C)C(=O)OCC(C)OC(C)=O. The Morgan fingerprint density at radius 3 is 2.05 bits per heavy atom. The average Bonchev–Trinajstić information content (AvgIpc) is 2.45. The summed E-state index contributed by atoms with van der Waals surface area (Å²) in [4.78, 5) is 21.8. The van der Waals surface area contributed by atoms with Gasteiger partial charge in [0.2, 0.25) is 0 Å².